The lowest BCUT2D eigenvalue weighted by atomic mass is 9.94. The van der Waals surface area contributed by atoms with Crippen molar-refractivity contribution >= 4 is 11.9 Å². The predicted molar refractivity (Wildman–Crippen MR) is 76.6 cm³/mol. The summed E-state index contributed by atoms with van der Waals surface area (Å²) in [5, 5.41) is 12.1. The van der Waals surface area contributed by atoms with Gasteiger partial charge in [0.05, 0.1) is 5.92 Å². The van der Waals surface area contributed by atoms with Gasteiger partial charge in [0.1, 0.15) is 5.82 Å². The van der Waals surface area contributed by atoms with Gasteiger partial charge in [-0.05, 0) is 37.5 Å². The topological polar surface area (TPSA) is 66.4 Å². The molecule has 1 aliphatic carbocycles. The van der Waals surface area contributed by atoms with E-state index in [4.69, 9.17) is 0 Å². The standard InChI is InChI=1S/C16H20FNO3/c1-10-7-8-11(17)9-13(10)15(19)18-14-6-4-2-3-5-12(14)16(20)21/h7-9,12,14H,2-6H2,1H3,(H,18,19)(H,20,21). The zero-order chi connectivity index (χ0) is 15.4. The van der Waals surface area contributed by atoms with Gasteiger partial charge in [0.2, 0.25) is 0 Å². The Hall–Kier alpha value is -1.91. The minimum absolute atomic E-state index is 0.267. The fourth-order valence-corrected chi connectivity index (χ4v) is 2.86. The Kier molecular flexibility index (Phi) is 4.94. The van der Waals surface area contributed by atoms with Crippen molar-refractivity contribution in [3.63, 3.8) is 0 Å². The van der Waals surface area contributed by atoms with Crippen molar-refractivity contribution in [3.8, 4) is 0 Å². The second-order valence-corrected chi connectivity index (χ2v) is 5.62. The molecule has 5 heteroatoms. The first-order valence-corrected chi connectivity index (χ1v) is 7.29. The molecule has 0 heterocycles. The highest BCUT2D eigenvalue weighted by Gasteiger charge is 2.31. The highest BCUT2D eigenvalue weighted by atomic mass is 19.1. The van der Waals surface area contributed by atoms with Crippen LogP contribution in [0.15, 0.2) is 18.2 Å². The minimum Gasteiger partial charge on any atom is -0.481 e. The molecule has 0 saturated heterocycles. The highest BCUT2D eigenvalue weighted by molar-refractivity contribution is 5.96. The zero-order valence-corrected chi connectivity index (χ0v) is 12.1. The van der Waals surface area contributed by atoms with Gasteiger partial charge in [-0.25, -0.2) is 4.39 Å². The maximum Gasteiger partial charge on any atom is 0.308 e. The first kappa shape index (κ1) is 15.5. The highest BCUT2D eigenvalue weighted by Crippen LogP contribution is 2.24. The quantitative estimate of drug-likeness (QED) is 0.842. The van der Waals surface area contributed by atoms with Crippen LogP contribution in [0.2, 0.25) is 0 Å². The van der Waals surface area contributed by atoms with Crippen LogP contribution in [0.25, 0.3) is 0 Å². The summed E-state index contributed by atoms with van der Waals surface area (Å²) in [6, 6.07) is 3.65. The van der Waals surface area contributed by atoms with E-state index < -0.39 is 23.6 Å². The second kappa shape index (κ2) is 6.70. The van der Waals surface area contributed by atoms with Gasteiger partial charge >= 0.3 is 5.97 Å². The molecule has 1 aromatic carbocycles. The first-order valence-electron chi connectivity index (χ1n) is 7.29. The molecule has 0 radical (unpaired) electrons. The molecule has 1 amide bonds. The number of benzene rings is 1. The molecular weight excluding hydrogens is 273 g/mol. The summed E-state index contributed by atoms with van der Waals surface area (Å²) in [6.07, 6.45) is 3.97. The van der Waals surface area contributed by atoms with Crippen molar-refractivity contribution < 1.29 is 19.1 Å². The largest absolute Gasteiger partial charge is 0.481 e. The lowest BCUT2D eigenvalue weighted by Crippen LogP contribution is -2.43. The predicted octanol–water partition coefficient (Wildman–Crippen LogP) is 2.90. The molecule has 1 saturated carbocycles. The van der Waals surface area contributed by atoms with Crippen LogP contribution >= 0.6 is 0 Å². The number of aryl methyl sites for hydroxylation is 1. The van der Waals surface area contributed by atoms with Crippen LogP contribution in [-0.2, 0) is 4.79 Å². The average Bonchev–Trinajstić information content (AvgIpc) is 2.67. The molecule has 0 spiro atoms. The smallest absolute Gasteiger partial charge is 0.308 e. The monoisotopic (exact) mass is 293 g/mol. The second-order valence-electron chi connectivity index (χ2n) is 5.62. The molecule has 2 N–H and O–H groups in total. The van der Waals surface area contributed by atoms with E-state index in [0.29, 0.717) is 18.4 Å². The molecule has 21 heavy (non-hydrogen) atoms. The number of carbonyl (C=O) groups is 2. The third-order valence-electron chi connectivity index (χ3n) is 4.09. The number of hydrogen-bond acceptors (Lipinski definition) is 2. The van der Waals surface area contributed by atoms with E-state index in [1.165, 1.54) is 12.1 Å². The summed E-state index contributed by atoms with van der Waals surface area (Å²) >= 11 is 0. The van der Waals surface area contributed by atoms with Gasteiger partial charge in [0.15, 0.2) is 0 Å². The van der Waals surface area contributed by atoms with Crippen molar-refractivity contribution in [1.29, 1.82) is 0 Å². The summed E-state index contributed by atoms with van der Waals surface area (Å²) in [6.45, 7) is 1.73. The van der Waals surface area contributed by atoms with Gasteiger partial charge < -0.3 is 10.4 Å². The molecule has 1 aromatic rings. The van der Waals surface area contributed by atoms with Gasteiger partial charge in [-0.2, -0.15) is 0 Å². The Morgan fingerprint density at radius 3 is 2.67 bits per heavy atom. The Bertz CT molecular complexity index is 544. The SMILES string of the molecule is Cc1ccc(F)cc1C(=O)NC1CCCCCC1C(=O)O. The van der Waals surface area contributed by atoms with Crippen LogP contribution in [0.4, 0.5) is 4.39 Å². The molecule has 0 bridgehead atoms. The van der Waals surface area contributed by atoms with Crippen molar-refractivity contribution in [2.45, 2.75) is 45.1 Å². The van der Waals surface area contributed by atoms with Crippen LogP contribution in [0.1, 0.15) is 48.0 Å². The molecule has 2 rings (SSSR count). The number of carboxylic acids is 1. The van der Waals surface area contributed by atoms with Crippen molar-refractivity contribution in [2.75, 3.05) is 0 Å². The maximum atomic E-state index is 13.3. The van der Waals surface area contributed by atoms with Crippen molar-refractivity contribution in [3.05, 3.63) is 35.1 Å². The van der Waals surface area contributed by atoms with Gasteiger partial charge in [-0.15, -0.1) is 0 Å². The Morgan fingerprint density at radius 2 is 1.95 bits per heavy atom. The van der Waals surface area contributed by atoms with Crippen molar-refractivity contribution in [1.82, 2.24) is 5.32 Å². The number of amides is 1. The normalized spacial score (nSPS) is 22.4. The van der Waals surface area contributed by atoms with Gasteiger partial charge in [-0.3, -0.25) is 9.59 Å². The van der Waals surface area contributed by atoms with Crippen LogP contribution in [0, 0.1) is 18.7 Å². The van der Waals surface area contributed by atoms with Gasteiger partial charge in [-0.1, -0.05) is 25.3 Å². The van der Waals surface area contributed by atoms with E-state index in [1.807, 2.05) is 0 Å². The number of aliphatic carboxylic acids is 1. The molecule has 1 fully saturated rings. The first-order chi connectivity index (χ1) is 9.99. The number of nitrogens with one attached hydrogen (secondary N) is 1. The van der Waals surface area contributed by atoms with Crippen LogP contribution in [0.3, 0.4) is 0 Å². The van der Waals surface area contributed by atoms with Crippen LogP contribution in [0.5, 0.6) is 0 Å². The minimum atomic E-state index is -0.877. The molecular formula is C16H20FNO3. The van der Waals surface area contributed by atoms with Gasteiger partial charge in [0, 0.05) is 11.6 Å². The number of carboxylic acid groups (broad SMARTS) is 1. The van der Waals surface area contributed by atoms with E-state index in [9.17, 15) is 19.1 Å². The summed E-state index contributed by atoms with van der Waals surface area (Å²) in [4.78, 5) is 23.6. The Morgan fingerprint density at radius 1 is 1.24 bits per heavy atom. The van der Waals surface area contributed by atoms with Gasteiger partial charge in [0.25, 0.3) is 5.91 Å². The van der Waals surface area contributed by atoms with Crippen molar-refractivity contribution in [2.24, 2.45) is 5.92 Å². The van der Waals surface area contributed by atoms with Crippen LogP contribution < -0.4 is 5.32 Å². The fraction of sp³-hybridized carbons (Fsp3) is 0.500. The van der Waals surface area contributed by atoms with Crippen LogP contribution in [-0.4, -0.2) is 23.0 Å². The zero-order valence-electron chi connectivity index (χ0n) is 12.1. The summed E-state index contributed by atoms with van der Waals surface area (Å²) in [5.41, 5.74) is 0.942. The Labute approximate surface area is 123 Å². The molecule has 2 unspecified atom stereocenters. The van der Waals surface area contributed by atoms with E-state index in [0.717, 1.165) is 19.3 Å². The maximum absolute atomic E-state index is 13.3. The molecule has 4 nitrogen and oxygen atoms in total. The number of carbonyl (C=O) groups excluding carboxylic acids is 1. The molecule has 2 atom stereocenters. The molecule has 0 aromatic heterocycles. The third-order valence-corrected chi connectivity index (χ3v) is 4.09. The summed E-state index contributed by atoms with van der Waals surface area (Å²) in [7, 11) is 0. The van der Waals surface area contributed by atoms with E-state index in [1.54, 1.807) is 13.0 Å². The molecule has 114 valence electrons. The van der Waals surface area contributed by atoms with E-state index in [-0.39, 0.29) is 11.6 Å². The summed E-state index contributed by atoms with van der Waals surface area (Å²) in [5.74, 6) is -2.31. The molecule has 1 aliphatic rings. The number of hydrogen-bond donors (Lipinski definition) is 2. The third kappa shape index (κ3) is 3.80. The number of halogens is 1. The van der Waals surface area contributed by atoms with E-state index >= 15 is 0 Å². The Balaban J connectivity index is 2.16. The fourth-order valence-electron chi connectivity index (χ4n) is 2.86. The number of rotatable bonds is 3. The van der Waals surface area contributed by atoms with E-state index in [2.05, 4.69) is 5.32 Å². The summed E-state index contributed by atoms with van der Waals surface area (Å²) < 4.78 is 13.3. The molecule has 0 aliphatic heterocycles. The lowest BCUT2D eigenvalue weighted by Gasteiger charge is -2.23. The lowest BCUT2D eigenvalue weighted by molar-refractivity contribution is -0.142. The average molecular weight is 293 g/mol.